The number of amides is 1. The summed E-state index contributed by atoms with van der Waals surface area (Å²) >= 11 is 1.37. The average Bonchev–Trinajstić information content (AvgIpc) is 3.26. The molecule has 0 fully saturated rings. The minimum Gasteiger partial charge on any atom is -0.379 e. The van der Waals surface area contributed by atoms with Crippen molar-refractivity contribution in [1.29, 1.82) is 0 Å². The number of carbonyl (C=O) groups excluding carboxylic acids is 1. The maximum Gasteiger partial charge on any atom is 0.339 e. The van der Waals surface area contributed by atoms with Gasteiger partial charge < -0.3 is 4.18 Å². The van der Waals surface area contributed by atoms with E-state index < -0.39 is 20.9 Å². The number of carbonyl (C=O) groups is 1. The molecule has 4 rings (SSSR count). The van der Waals surface area contributed by atoms with Gasteiger partial charge in [-0.1, -0.05) is 36.4 Å². The largest absolute Gasteiger partial charge is 0.379 e. The lowest BCUT2D eigenvalue weighted by atomic mass is 10.1. The van der Waals surface area contributed by atoms with Crippen LogP contribution in [0.5, 0.6) is 5.75 Å². The number of nitrogens with one attached hydrogen (secondary N) is 1. The number of thiazole rings is 1. The summed E-state index contributed by atoms with van der Waals surface area (Å²) in [5.41, 5.74) is 1.05. The SMILES string of the molecule is O=C(Nc1ncc(Cc2ccccc2)s1)c1ccc(OS(=O)(=O)c2cccc([N+](=O)[O-])c2)cc1. The van der Waals surface area contributed by atoms with Gasteiger partial charge in [-0.2, -0.15) is 8.42 Å². The van der Waals surface area contributed by atoms with Gasteiger partial charge >= 0.3 is 10.1 Å². The second-order valence-electron chi connectivity index (χ2n) is 7.06. The van der Waals surface area contributed by atoms with E-state index in [-0.39, 0.29) is 21.9 Å². The monoisotopic (exact) mass is 495 g/mol. The second kappa shape index (κ2) is 9.81. The van der Waals surface area contributed by atoms with Crippen molar-refractivity contribution in [2.45, 2.75) is 11.3 Å². The van der Waals surface area contributed by atoms with E-state index in [0.717, 1.165) is 16.5 Å². The quantitative estimate of drug-likeness (QED) is 0.214. The highest BCUT2D eigenvalue weighted by atomic mass is 32.2. The van der Waals surface area contributed by atoms with Crippen molar-refractivity contribution in [1.82, 2.24) is 4.98 Å². The topological polar surface area (TPSA) is 128 Å². The van der Waals surface area contributed by atoms with Gasteiger partial charge in [-0.15, -0.1) is 11.3 Å². The number of benzene rings is 3. The van der Waals surface area contributed by atoms with Crippen LogP contribution >= 0.6 is 11.3 Å². The third-order valence-corrected chi connectivity index (χ3v) is 6.79. The molecule has 0 atom stereocenters. The first-order chi connectivity index (χ1) is 16.3. The molecule has 172 valence electrons. The predicted molar refractivity (Wildman–Crippen MR) is 127 cm³/mol. The molecule has 1 heterocycles. The number of nitrogens with zero attached hydrogens (tertiary/aromatic N) is 2. The van der Waals surface area contributed by atoms with E-state index in [4.69, 9.17) is 4.18 Å². The number of nitro groups is 1. The van der Waals surface area contributed by atoms with E-state index in [2.05, 4.69) is 10.3 Å². The molecule has 11 heteroatoms. The molecule has 1 amide bonds. The van der Waals surface area contributed by atoms with E-state index >= 15 is 0 Å². The normalized spacial score (nSPS) is 11.1. The van der Waals surface area contributed by atoms with Gasteiger partial charge in [0.1, 0.15) is 10.6 Å². The van der Waals surface area contributed by atoms with Gasteiger partial charge in [-0.3, -0.25) is 20.2 Å². The zero-order valence-electron chi connectivity index (χ0n) is 17.5. The van der Waals surface area contributed by atoms with Crippen LogP contribution in [0, 0.1) is 10.1 Å². The molecule has 4 aromatic rings. The van der Waals surface area contributed by atoms with Crippen LogP contribution < -0.4 is 9.50 Å². The van der Waals surface area contributed by atoms with Crippen molar-refractivity contribution in [2.75, 3.05) is 5.32 Å². The zero-order valence-corrected chi connectivity index (χ0v) is 19.1. The van der Waals surface area contributed by atoms with Crippen LogP contribution in [0.4, 0.5) is 10.8 Å². The molecule has 0 saturated carbocycles. The Bertz CT molecular complexity index is 1440. The second-order valence-corrected chi connectivity index (χ2v) is 9.73. The van der Waals surface area contributed by atoms with Crippen molar-refractivity contribution in [3.05, 3.63) is 111 Å². The highest BCUT2D eigenvalue weighted by Gasteiger charge is 2.20. The highest BCUT2D eigenvalue weighted by molar-refractivity contribution is 7.87. The van der Waals surface area contributed by atoms with Crippen LogP contribution in [0.3, 0.4) is 0 Å². The van der Waals surface area contributed by atoms with Crippen LogP contribution in [0.1, 0.15) is 20.8 Å². The first kappa shape index (κ1) is 23.1. The van der Waals surface area contributed by atoms with Gasteiger partial charge in [-0.25, -0.2) is 4.98 Å². The number of aromatic nitrogens is 1. The summed E-state index contributed by atoms with van der Waals surface area (Å²) in [5, 5.41) is 14.1. The lowest BCUT2D eigenvalue weighted by Crippen LogP contribution is -2.12. The molecule has 0 saturated heterocycles. The summed E-state index contributed by atoms with van der Waals surface area (Å²) in [5.74, 6) is -0.448. The Labute approximate surface area is 199 Å². The van der Waals surface area contributed by atoms with Crippen molar-refractivity contribution in [3.8, 4) is 5.75 Å². The Hall–Kier alpha value is -4.09. The van der Waals surface area contributed by atoms with Crippen molar-refractivity contribution >= 4 is 38.2 Å². The number of non-ortho nitro benzene ring substituents is 1. The van der Waals surface area contributed by atoms with Crippen molar-refractivity contribution in [2.24, 2.45) is 0 Å². The fraction of sp³-hybridized carbons (Fsp3) is 0.0435. The molecule has 0 spiro atoms. The molecular weight excluding hydrogens is 478 g/mol. The molecule has 0 radical (unpaired) electrons. The van der Waals surface area contributed by atoms with Crippen molar-refractivity contribution < 1.29 is 22.3 Å². The zero-order chi connectivity index (χ0) is 24.1. The Balaban J connectivity index is 1.40. The molecule has 0 aliphatic carbocycles. The summed E-state index contributed by atoms with van der Waals surface area (Å²) in [6.45, 7) is 0. The molecule has 0 aliphatic rings. The number of rotatable bonds is 8. The summed E-state index contributed by atoms with van der Waals surface area (Å²) in [4.78, 5) is 27.6. The standard InChI is InChI=1S/C23H17N3O6S2/c27-22(25-23-24-15-20(33-23)13-16-5-2-1-3-6-16)17-9-11-19(12-10-17)32-34(30,31)21-8-4-7-18(14-21)26(28)29/h1-12,14-15H,13H2,(H,24,25,27). The number of hydrogen-bond donors (Lipinski definition) is 1. The van der Waals surface area contributed by atoms with Crippen LogP contribution in [0.15, 0.2) is 90.0 Å². The van der Waals surface area contributed by atoms with E-state index in [9.17, 15) is 23.3 Å². The van der Waals surface area contributed by atoms with Gasteiger partial charge in [0.15, 0.2) is 5.13 Å². The highest BCUT2D eigenvalue weighted by Crippen LogP contribution is 2.24. The minimum absolute atomic E-state index is 0.0394. The Morgan fingerprint density at radius 2 is 1.76 bits per heavy atom. The molecule has 0 bridgehead atoms. The molecular formula is C23H17N3O6S2. The Kier molecular flexibility index (Phi) is 6.66. The molecule has 0 aliphatic heterocycles. The Morgan fingerprint density at radius 1 is 1.03 bits per heavy atom. The third kappa shape index (κ3) is 5.63. The van der Waals surface area contributed by atoms with E-state index in [1.54, 1.807) is 6.20 Å². The summed E-state index contributed by atoms with van der Waals surface area (Å²) in [6, 6.07) is 19.9. The third-order valence-electron chi connectivity index (χ3n) is 4.63. The minimum atomic E-state index is -4.29. The maximum absolute atomic E-state index is 12.5. The summed E-state index contributed by atoms with van der Waals surface area (Å²) in [6.07, 6.45) is 2.42. The first-order valence-corrected chi connectivity index (χ1v) is 12.1. The fourth-order valence-corrected chi connectivity index (χ4v) is 4.82. The lowest BCUT2D eigenvalue weighted by Gasteiger charge is -2.08. The molecule has 1 N–H and O–H groups in total. The lowest BCUT2D eigenvalue weighted by molar-refractivity contribution is -0.385. The summed E-state index contributed by atoms with van der Waals surface area (Å²) in [7, 11) is -4.29. The van der Waals surface area contributed by atoms with E-state index in [1.165, 1.54) is 53.8 Å². The van der Waals surface area contributed by atoms with Crippen LogP contribution in [-0.4, -0.2) is 24.2 Å². The van der Waals surface area contributed by atoms with Gasteiger partial charge in [-0.05, 0) is 35.9 Å². The molecule has 0 unspecified atom stereocenters. The van der Waals surface area contributed by atoms with Gasteiger partial charge in [0, 0.05) is 35.2 Å². The Morgan fingerprint density at radius 3 is 2.47 bits per heavy atom. The number of nitro benzene ring substituents is 1. The molecule has 9 nitrogen and oxygen atoms in total. The predicted octanol–water partition coefficient (Wildman–Crippen LogP) is 4.66. The molecule has 1 aromatic heterocycles. The average molecular weight is 496 g/mol. The van der Waals surface area contributed by atoms with E-state index in [1.807, 2.05) is 30.3 Å². The summed E-state index contributed by atoms with van der Waals surface area (Å²) < 4.78 is 29.9. The number of anilines is 1. The van der Waals surface area contributed by atoms with Crippen LogP contribution in [-0.2, 0) is 16.5 Å². The van der Waals surface area contributed by atoms with Crippen molar-refractivity contribution in [3.63, 3.8) is 0 Å². The van der Waals surface area contributed by atoms with E-state index in [0.29, 0.717) is 11.6 Å². The first-order valence-electron chi connectivity index (χ1n) is 9.89. The fourth-order valence-electron chi connectivity index (χ4n) is 3.00. The number of hydrogen-bond acceptors (Lipinski definition) is 8. The maximum atomic E-state index is 12.5. The smallest absolute Gasteiger partial charge is 0.339 e. The van der Waals surface area contributed by atoms with Crippen LogP contribution in [0.2, 0.25) is 0 Å². The van der Waals surface area contributed by atoms with Gasteiger partial charge in [0.2, 0.25) is 0 Å². The van der Waals surface area contributed by atoms with Crippen LogP contribution in [0.25, 0.3) is 0 Å². The molecule has 3 aromatic carbocycles. The van der Waals surface area contributed by atoms with Gasteiger partial charge in [0.25, 0.3) is 11.6 Å². The molecule has 34 heavy (non-hydrogen) atoms. The van der Waals surface area contributed by atoms with Gasteiger partial charge in [0.05, 0.1) is 4.92 Å².